The van der Waals surface area contributed by atoms with Gasteiger partial charge in [-0.1, -0.05) is 57.8 Å². The largest absolute Gasteiger partial charge is 0.494 e. The van der Waals surface area contributed by atoms with E-state index in [1.807, 2.05) is 18.2 Å². The molecule has 0 aliphatic carbocycles. The van der Waals surface area contributed by atoms with Gasteiger partial charge in [0, 0.05) is 5.56 Å². The summed E-state index contributed by atoms with van der Waals surface area (Å²) in [5, 5.41) is 0. The van der Waals surface area contributed by atoms with Gasteiger partial charge in [0.25, 0.3) is 0 Å². The number of benzene rings is 1. The molecule has 0 aliphatic heterocycles. The number of rotatable bonds is 6. The van der Waals surface area contributed by atoms with Crippen LogP contribution in [0.25, 0.3) is 0 Å². The minimum Gasteiger partial charge on any atom is -0.494 e. The molecule has 1 aromatic rings. The molecule has 0 amide bonds. The van der Waals surface area contributed by atoms with Crippen molar-refractivity contribution in [3.63, 3.8) is 0 Å². The standard InChI is InChI=1S/C17H26OSi/c1-5-6-7-8-13-18-17-11-9-10-16(15-17)12-14-19(2,3)4/h9-11,15H,5-8,13H2,1-4H3. The summed E-state index contributed by atoms with van der Waals surface area (Å²) in [5.41, 5.74) is 4.45. The quantitative estimate of drug-likeness (QED) is 0.408. The van der Waals surface area contributed by atoms with Crippen LogP contribution in [0.1, 0.15) is 38.2 Å². The van der Waals surface area contributed by atoms with E-state index in [9.17, 15) is 0 Å². The molecular formula is C17H26OSi. The molecule has 0 aliphatic rings. The van der Waals surface area contributed by atoms with Gasteiger partial charge in [-0.2, -0.15) is 0 Å². The van der Waals surface area contributed by atoms with Gasteiger partial charge in [0.1, 0.15) is 13.8 Å². The number of hydrogen-bond donors (Lipinski definition) is 0. The summed E-state index contributed by atoms with van der Waals surface area (Å²) < 4.78 is 5.77. The van der Waals surface area contributed by atoms with Crippen molar-refractivity contribution in [3.05, 3.63) is 29.8 Å². The Morgan fingerprint density at radius 3 is 2.58 bits per heavy atom. The second-order valence-electron chi connectivity index (χ2n) is 5.94. The Hall–Kier alpha value is -1.20. The van der Waals surface area contributed by atoms with E-state index in [0.29, 0.717) is 0 Å². The third kappa shape index (κ3) is 7.74. The van der Waals surface area contributed by atoms with Crippen molar-refractivity contribution in [2.24, 2.45) is 0 Å². The zero-order valence-electron chi connectivity index (χ0n) is 12.8. The van der Waals surface area contributed by atoms with Gasteiger partial charge >= 0.3 is 0 Å². The number of unbranched alkanes of at least 4 members (excludes halogenated alkanes) is 3. The molecule has 1 aromatic carbocycles. The van der Waals surface area contributed by atoms with Crippen molar-refractivity contribution in [2.45, 2.75) is 52.2 Å². The summed E-state index contributed by atoms with van der Waals surface area (Å²) in [5.74, 6) is 4.21. The minimum atomic E-state index is -1.30. The third-order valence-corrected chi connectivity index (χ3v) is 3.56. The molecule has 0 radical (unpaired) electrons. The Morgan fingerprint density at radius 1 is 1.11 bits per heavy atom. The van der Waals surface area contributed by atoms with E-state index in [4.69, 9.17) is 4.74 Å². The molecule has 104 valence electrons. The van der Waals surface area contributed by atoms with E-state index < -0.39 is 8.07 Å². The molecule has 0 atom stereocenters. The fraction of sp³-hybridized carbons (Fsp3) is 0.529. The van der Waals surface area contributed by atoms with Gasteiger partial charge in [-0.05, 0) is 24.6 Å². The van der Waals surface area contributed by atoms with Crippen LogP contribution in [0.3, 0.4) is 0 Å². The Morgan fingerprint density at radius 2 is 1.89 bits per heavy atom. The average Bonchev–Trinajstić information content (AvgIpc) is 2.36. The van der Waals surface area contributed by atoms with Crippen LogP contribution in [-0.2, 0) is 0 Å². The highest BCUT2D eigenvalue weighted by atomic mass is 28.3. The lowest BCUT2D eigenvalue weighted by Crippen LogP contribution is -2.16. The first kappa shape index (κ1) is 15.9. The van der Waals surface area contributed by atoms with E-state index in [1.165, 1.54) is 19.3 Å². The normalized spacial score (nSPS) is 10.7. The lowest BCUT2D eigenvalue weighted by molar-refractivity contribution is 0.305. The Balaban J connectivity index is 2.50. The summed E-state index contributed by atoms with van der Waals surface area (Å²) in [4.78, 5) is 0. The molecule has 19 heavy (non-hydrogen) atoms. The minimum absolute atomic E-state index is 0.810. The molecule has 0 aromatic heterocycles. The van der Waals surface area contributed by atoms with Crippen molar-refractivity contribution in [2.75, 3.05) is 6.61 Å². The molecule has 1 nitrogen and oxygen atoms in total. The molecule has 0 unspecified atom stereocenters. The maximum Gasteiger partial charge on any atom is 0.129 e. The molecule has 0 saturated heterocycles. The van der Waals surface area contributed by atoms with Gasteiger partial charge in [0.2, 0.25) is 0 Å². The van der Waals surface area contributed by atoms with E-state index in [0.717, 1.165) is 24.3 Å². The Labute approximate surface area is 119 Å². The summed E-state index contributed by atoms with van der Waals surface area (Å²) >= 11 is 0. The SMILES string of the molecule is CCCCCCOc1cccc(C#C[Si](C)(C)C)c1. The summed E-state index contributed by atoms with van der Waals surface area (Å²) in [6, 6.07) is 8.14. The molecule has 0 fully saturated rings. The first-order valence-electron chi connectivity index (χ1n) is 7.27. The maximum atomic E-state index is 5.77. The molecule has 0 spiro atoms. The van der Waals surface area contributed by atoms with E-state index in [-0.39, 0.29) is 0 Å². The van der Waals surface area contributed by atoms with Crippen LogP contribution in [0.5, 0.6) is 5.75 Å². The van der Waals surface area contributed by atoms with Gasteiger partial charge in [0.15, 0.2) is 0 Å². The van der Waals surface area contributed by atoms with Crippen LogP contribution < -0.4 is 4.74 Å². The van der Waals surface area contributed by atoms with E-state index in [1.54, 1.807) is 0 Å². The smallest absolute Gasteiger partial charge is 0.129 e. The first-order chi connectivity index (χ1) is 9.01. The second kappa shape index (κ2) is 8.07. The van der Waals surface area contributed by atoms with Crippen LogP contribution >= 0.6 is 0 Å². The van der Waals surface area contributed by atoms with Gasteiger partial charge in [0.05, 0.1) is 6.61 Å². The van der Waals surface area contributed by atoms with E-state index in [2.05, 4.69) is 44.1 Å². The van der Waals surface area contributed by atoms with Crippen molar-refractivity contribution >= 4 is 8.07 Å². The predicted molar refractivity (Wildman–Crippen MR) is 86.3 cm³/mol. The van der Waals surface area contributed by atoms with Gasteiger partial charge < -0.3 is 4.74 Å². The van der Waals surface area contributed by atoms with Crippen molar-refractivity contribution in [1.82, 2.24) is 0 Å². The molecule has 1 rings (SSSR count). The summed E-state index contributed by atoms with van der Waals surface area (Å²) in [6.45, 7) is 9.81. The van der Waals surface area contributed by atoms with Gasteiger partial charge in [-0.3, -0.25) is 0 Å². The lowest BCUT2D eigenvalue weighted by Gasteiger charge is -2.06. The van der Waals surface area contributed by atoms with Crippen molar-refractivity contribution in [3.8, 4) is 17.2 Å². The van der Waals surface area contributed by atoms with Crippen LogP contribution in [-0.4, -0.2) is 14.7 Å². The number of ether oxygens (including phenoxy) is 1. The molecule has 0 N–H and O–H groups in total. The highest BCUT2D eigenvalue weighted by Crippen LogP contribution is 2.13. The molecule has 0 heterocycles. The first-order valence-corrected chi connectivity index (χ1v) is 10.8. The number of hydrogen-bond acceptors (Lipinski definition) is 1. The van der Waals surface area contributed by atoms with Crippen LogP contribution in [0.4, 0.5) is 0 Å². The van der Waals surface area contributed by atoms with Crippen LogP contribution in [0, 0.1) is 11.5 Å². The van der Waals surface area contributed by atoms with Crippen LogP contribution in [0.15, 0.2) is 24.3 Å². The van der Waals surface area contributed by atoms with Gasteiger partial charge in [-0.15, -0.1) is 5.54 Å². The third-order valence-electron chi connectivity index (χ3n) is 2.68. The Kier molecular flexibility index (Phi) is 6.73. The zero-order valence-corrected chi connectivity index (χ0v) is 13.8. The lowest BCUT2D eigenvalue weighted by atomic mass is 10.2. The molecule has 2 heteroatoms. The van der Waals surface area contributed by atoms with Crippen molar-refractivity contribution in [1.29, 1.82) is 0 Å². The van der Waals surface area contributed by atoms with Crippen LogP contribution in [0.2, 0.25) is 19.6 Å². The zero-order chi connectivity index (χ0) is 14.1. The van der Waals surface area contributed by atoms with Gasteiger partial charge in [-0.25, -0.2) is 0 Å². The fourth-order valence-electron chi connectivity index (χ4n) is 1.64. The van der Waals surface area contributed by atoms with E-state index >= 15 is 0 Å². The highest BCUT2D eigenvalue weighted by molar-refractivity contribution is 6.83. The Bertz CT molecular complexity index is 435. The topological polar surface area (TPSA) is 9.23 Å². The maximum absolute atomic E-state index is 5.77. The molecular weight excluding hydrogens is 248 g/mol. The fourth-order valence-corrected chi connectivity index (χ4v) is 2.16. The molecule has 0 bridgehead atoms. The monoisotopic (exact) mass is 274 g/mol. The summed E-state index contributed by atoms with van der Waals surface area (Å²) in [6.07, 6.45) is 4.96. The average molecular weight is 274 g/mol. The summed E-state index contributed by atoms with van der Waals surface area (Å²) in [7, 11) is -1.30. The van der Waals surface area contributed by atoms with Crippen molar-refractivity contribution < 1.29 is 4.74 Å². The predicted octanol–water partition coefficient (Wildman–Crippen LogP) is 4.87. The molecule has 0 saturated carbocycles. The second-order valence-corrected chi connectivity index (χ2v) is 10.7. The highest BCUT2D eigenvalue weighted by Gasteiger charge is 2.07.